The first-order chi connectivity index (χ1) is 9.47. The molecule has 1 N–H and O–H groups in total. The number of aromatic nitrogens is 2. The minimum atomic E-state index is 0.487. The summed E-state index contributed by atoms with van der Waals surface area (Å²) in [5, 5.41) is 7.92. The predicted octanol–water partition coefficient (Wildman–Crippen LogP) is 3.35. The van der Waals surface area contributed by atoms with Gasteiger partial charge in [0.15, 0.2) is 0 Å². The van der Waals surface area contributed by atoms with Gasteiger partial charge < -0.3 is 5.32 Å². The predicted molar refractivity (Wildman–Crippen MR) is 84.0 cm³/mol. The molecule has 0 aliphatic rings. The van der Waals surface area contributed by atoms with Crippen LogP contribution in [0.25, 0.3) is 0 Å². The summed E-state index contributed by atoms with van der Waals surface area (Å²) in [6, 6.07) is 7.07. The molecule has 20 heavy (non-hydrogen) atoms. The van der Waals surface area contributed by atoms with Crippen LogP contribution in [0.1, 0.15) is 41.8 Å². The highest BCUT2D eigenvalue weighted by molar-refractivity contribution is 5.37. The number of hydrogen-bond acceptors (Lipinski definition) is 2. The van der Waals surface area contributed by atoms with E-state index < -0.39 is 0 Å². The van der Waals surface area contributed by atoms with Crippen molar-refractivity contribution in [1.82, 2.24) is 15.1 Å². The van der Waals surface area contributed by atoms with Crippen LogP contribution in [-0.4, -0.2) is 15.8 Å². The van der Waals surface area contributed by atoms with E-state index in [0.717, 1.165) is 13.1 Å². The summed E-state index contributed by atoms with van der Waals surface area (Å²) in [6.45, 7) is 12.6. The second-order valence-corrected chi connectivity index (χ2v) is 5.89. The normalized spacial score (nSPS) is 11.3. The molecule has 1 aromatic heterocycles. The third-order valence-electron chi connectivity index (χ3n) is 3.64. The van der Waals surface area contributed by atoms with Crippen molar-refractivity contribution in [2.75, 3.05) is 0 Å². The lowest BCUT2D eigenvalue weighted by Gasteiger charge is -2.14. The van der Waals surface area contributed by atoms with Crippen LogP contribution in [0.4, 0.5) is 0 Å². The van der Waals surface area contributed by atoms with Gasteiger partial charge in [0.25, 0.3) is 0 Å². The highest BCUT2D eigenvalue weighted by atomic mass is 15.3. The van der Waals surface area contributed by atoms with Gasteiger partial charge in [-0.25, -0.2) is 0 Å². The van der Waals surface area contributed by atoms with Crippen molar-refractivity contribution >= 4 is 0 Å². The zero-order valence-corrected chi connectivity index (χ0v) is 13.2. The van der Waals surface area contributed by atoms with Gasteiger partial charge in [0.1, 0.15) is 0 Å². The molecule has 1 aromatic carbocycles. The highest BCUT2D eigenvalue weighted by Crippen LogP contribution is 2.18. The maximum atomic E-state index is 4.47. The zero-order valence-electron chi connectivity index (χ0n) is 13.2. The Hall–Kier alpha value is -1.61. The minimum absolute atomic E-state index is 0.487. The lowest BCUT2D eigenvalue weighted by molar-refractivity contribution is 0.546. The van der Waals surface area contributed by atoms with Crippen molar-refractivity contribution in [3.8, 4) is 0 Å². The molecule has 3 nitrogen and oxygen atoms in total. The summed E-state index contributed by atoms with van der Waals surface area (Å²) in [7, 11) is 0. The monoisotopic (exact) mass is 271 g/mol. The number of benzene rings is 1. The first-order valence-corrected chi connectivity index (χ1v) is 7.28. The fourth-order valence-electron chi connectivity index (χ4n) is 2.57. The fraction of sp³-hybridized carbons (Fsp3) is 0.471. The molecule has 108 valence electrons. The molecular formula is C17H25N3. The maximum Gasteiger partial charge on any atom is 0.0668 e. The van der Waals surface area contributed by atoms with Crippen LogP contribution >= 0.6 is 0 Å². The van der Waals surface area contributed by atoms with Crippen LogP contribution in [0, 0.1) is 20.8 Å². The fourth-order valence-corrected chi connectivity index (χ4v) is 2.57. The second-order valence-electron chi connectivity index (χ2n) is 5.89. The third-order valence-corrected chi connectivity index (χ3v) is 3.64. The summed E-state index contributed by atoms with van der Waals surface area (Å²) < 4.78 is 2.10. The Labute approximate surface area is 122 Å². The summed E-state index contributed by atoms with van der Waals surface area (Å²) in [6.07, 6.45) is 1.89. The van der Waals surface area contributed by atoms with Crippen molar-refractivity contribution in [2.24, 2.45) is 0 Å². The number of nitrogens with zero attached hydrogens (tertiary/aromatic N) is 2. The number of aryl methyl sites for hydroxylation is 3. The van der Waals surface area contributed by atoms with Gasteiger partial charge in [-0.1, -0.05) is 31.5 Å². The standard InChI is InChI=1S/C17H25N3/c1-12(2)18-10-16-6-7-19-20(16)11-17-14(4)8-13(3)9-15(17)5/h6-9,12,18H,10-11H2,1-5H3. The van der Waals surface area contributed by atoms with E-state index in [9.17, 15) is 0 Å². The van der Waals surface area contributed by atoms with Gasteiger partial charge in [-0.05, 0) is 43.5 Å². The van der Waals surface area contributed by atoms with Crippen molar-refractivity contribution in [1.29, 1.82) is 0 Å². The molecule has 0 saturated heterocycles. The molecule has 2 aromatic rings. The average molecular weight is 271 g/mol. The zero-order chi connectivity index (χ0) is 14.7. The molecule has 0 unspecified atom stereocenters. The molecule has 1 heterocycles. The Morgan fingerprint density at radius 1 is 1.15 bits per heavy atom. The molecule has 0 aliphatic heterocycles. The second kappa shape index (κ2) is 6.23. The van der Waals surface area contributed by atoms with Crippen LogP contribution in [0.2, 0.25) is 0 Å². The number of rotatable bonds is 5. The first kappa shape index (κ1) is 14.8. The quantitative estimate of drug-likeness (QED) is 0.903. The summed E-state index contributed by atoms with van der Waals surface area (Å²) >= 11 is 0. The highest BCUT2D eigenvalue weighted by Gasteiger charge is 2.08. The Balaban J connectivity index is 2.21. The summed E-state index contributed by atoms with van der Waals surface area (Å²) in [4.78, 5) is 0. The molecule has 0 amide bonds. The molecular weight excluding hydrogens is 246 g/mol. The molecule has 0 radical (unpaired) electrons. The van der Waals surface area contributed by atoms with Crippen LogP contribution in [-0.2, 0) is 13.1 Å². The lowest BCUT2D eigenvalue weighted by Crippen LogP contribution is -2.24. The average Bonchev–Trinajstić information content (AvgIpc) is 2.78. The molecule has 0 fully saturated rings. The van der Waals surface area contributed by atoms with Crippen molar-refractivity contribution in [3.05, 3.63) is 52.3 Å². The van der Waals surface area contributed by atoms with E-state index in [0.29, 0.717) is 6.04 Å². The summed E-state index contributed by atoms with van der Waals surface area (Å²) in [5.74, 6) is 0. The van der Waals surface area contributed by atoms with Crippen LogP contribution in [0.3, 0.4) is 0 Å². The van der Waals surface area contributed by atoms with Gasteiger partial charge in [0.05, 0.1) is 12.2 Å². The Bertz CT molecular complexity index is 559. The van der Waals surface area contributed by atoms with Crippen molar-refractivity contribution < 1.29 is 0 Å². The largest absolute Gasteiger partial charge is 0.309 e. The Morgan fingerprint density at radius 2 is 1.80 bits per heavy atom. The molecule has 0 saturated carbocycles. The Kier molecular flexibility index (Phi) is 4.61. The van der Waals surface area contributed by atoms with E-state index in [1.54, 1.807) is 0 Å². The van der Waals surface area contributed by atoms with Gasteiger partial charge in [-0.2, -0.15) is 5.10 Å². The van der Waals surface area contributed by atoms with Crippen LogP contribution in [0.15, 0.2) is 24.4 Å². The third kappa shape index (κ3) is 3.48. The van der Waals surface area contributed by atoms with Crippen molar-refractivity contribution in [3.63, 3.8) is 0 Å². The van der Waals surface area contributed by atoms with Crippen LogP contribution in [0.5, 0.6) is 0 Å². The number of hydrogen-bond donors (Lipinski definition) is 1. The van der Waals surface area contributed by atoms with Crippen LogP contribution < -0.4 is 5.32 Å². The van der Waals surface area contributed by atoms with E-state index in [4.69, 9.17) is 0 Å². The van der Waals surface area contributed by atoms with E-state index in [1.165, 1.54) is 27.9 Å². The van der Waals surface area contributed by atoms with Gasteiger partial charge in [0, 0.05) is 18.8 Å². The Morgan fingerprint density at radius 3 is 2.40 bits per heavy atom. The maximum absolute atomic E-state index is 4.47. The molecule has 2 rings (SSSR count). The van der Waals surface area contributed by atoms with Gasteiger partial charge in [-0.15, -0.1) is 0 Å². The topological polar surface area (TPSA) is 29.9 Å². The molecule has 3 heteroatoms. The van der Waals surface area contributed by atoms with E-state index in [-0.39, 0.29) is 0 Å². The SMILES string of the molecule is Cc1cc(C)c(Cn2nccc2CNC(C)C)c(C)c1. The van der Waals surface area contributed by atoms with Gasteiger partial charge in [0.2, 0.25) is 0 Å². The van der Waals surface area contributed by atoms with E-state index >= 15 is 0 Å². The van der Waals surface area contributed by atoms with E-state index in [1.807, 2.05) is 6.20 Å². The molecule has 0 aliphatic carbocycles. The van der Waals surface area contributed by atoms with Crippen molar-refractivity contribution in [2.45, 2.75) is 53.8 Å². The van der Waals surface area contributed by atoms with Gasteiger partial charge >= 0.3 is 0 Å². The van der Waals surface area contributed by atoms with E-state index in [2.05, 4.69) is 67.9 Å². The number of nitrogens with one attached hydrogen (secondary N) is 1. The summed E-state index contributed by atoms with van der Waals surface area (Å²) in [5.41, 5.74) is 6.63. The van der Waals surface area contributed by atoms with Gasteiger partial charge in [-0.3, -0.25) is 4.68 Å². The molecule has 0 atom stereocenters. The first-order valence-electron chi connectivity index (χ1n) is 7.28. The molecule has 0 bridgehead atoms. The lowest BCUT2D eigenvalue weighted by atomic mass is 10.00. The minimum Gasteiger partial charge on any atom is -0.309 e. The smallest absolute Gasteiger partial charge is 0.0668 e. The molecule has 0 spiro atoms.